The number of non-ortho nitro benzene ring substituents is 1. The van der Waals surface area contributed by atoms with Gasteiger partial charge in [-0.1, -0.05) is 12.1 Å². The van der Waals surface area contributed by atoms with Gasteiger partial charge in [0.25, 0.3) is 5.69 Å². The molecule has 0 aliphatic heterocycles. The molecule has 0 heterocycles. The van der Waals surface area contributed by atoms with Crippen molar-refractivity contribution in [1.29, 1.82) is 5.26 Å². The summed E-state index contributed by atoms with van der Waals surface area (Å²) in [5, 5.41) is 33.5. The largest absolute Gasteiger partial charge is 0.481 e. The molecule has 0 saturated carbocycles. The maximum absolute atomic E-state index is 12.1. The Hall–Kier alpha value is -3.93. The van der Waals surface area contributed by atoms with Gasteiger partial charge in [-0.2, -0.15) is 5.26 Å². The van der Waals surface area contributed by atoms with Crippen LogP contribution < -0.4 is 10.6 Å². The van der Waals surface area contributed by atoms with Crippen molar-refractivity contribution in [2.24, 2.45) is 0 Å². The zero-order valence-electron chi connectivity index (χ0n) is 13.4. The number of anilines is 1. The van der Waals surface area contributed by atoms with Gasteiger partial charge in [0.15, 0.2) is 0 Å². The highest BCUT2D eigenvalue weighted by Gasteiger charge is 2.19. The second kappa shape index (κ2) is 8.25. The number of hydrogen-bond donors (Lipinski definition) is 3. The van der Waals surface area contributed by atoms with Crippen molar-refractivity contribution >= 4 is 23.4 Å². The molecule has 2 rings (SSSR count). The van der Waals surface area contributed by atoms with Crippen LogP contribution in [0.3, 0.4) is 0 Å². The fourth-order valence-corrected chi connectivity index (χ4v) is 2.21. The van der Waals surface area contributed by atoms with E-state index in [4.69, 9.17) is 10.4 Å². The molecule has 0 fully saturated rings. The highest BCUT2D eigenvalue weighted by molar-refractivity contribution is 5.89. The number of amides is 2. The molecule has 0 spiro atoms. The third-order valence-corrected chi connectivity index (χ3v) is 3.46. The fraction of sp³-hybridized carbons (Fsp3) is 0.118. The number of benzene rings is 2. The summed E-state index contributed by atoms with van der Waals surface area (Å²) in [6.07, 6.45) is -0.390. The van der Waals surface area contributed by atoms with Crippen LogP contribution in [0.25, 0.3) is 0 Å². The number of nitro benzene ring substituents is 1. The number of rotatable bonds is 6. The molecular formula is C17H14N4O5. The van der Waals surface area contributed by atoms with Gasteiger partial charge >= 0.3 is 12.0 Å². The third kappa shape index (κ3) is 5.04. The van der Waals surface area contributed by atoms with Gasteiger partial charge in [-0.05, 0) is 29.8 Å². The number of nitrogens with zero attached hydrogens (tertiary/aromatic N) is 2. The molecule has 0 radical (unpaired) electrons. The van der Waals surface area contributed by atoms with Crippen LogP contribution in [-0.4, -0.2) is 22.0 Å². The molecule has 0 aromatic heterocycles. The van der Waals surface area contributed by atoms with E-state index in [1.54, 1.807) is 0 Å². The maximum atomic E-state index is 12.1. The van der Waals surface area contributed by atoms with Crippen molar-refractivity contribution in [2.75, 3.05) is 5.32 Å². The maximum Gasteiger partial charge on any atom is 0.319 e. The van der Waals surface area contributed by atoms with E-state index < -0.39 is 29.4 Å². The molecule has 0 bridgehead atoms. The molecule has 0 aliphatic carbocycles. The number of hydrogen-bond acceptors (Lipinski definition) is 5. The van der Waals surface area contributed by atoms with E-state index in [9.17, 15) is 19.7 Å². The lowest BCUT2D eigenvalue weighted by atomic mass is 10.0. The number of carbonyl (C=O) groups is 2. The Labute approximate surface area is 148 Å². The molecule has 3 N–H and O–H groups in total. The van der Waals surface area contributed by atoms with Crippen LogP contribution >= 0.6 is 0 Å². The fourth-order valence-electron chi connectivity index (χ4n) is 2.21. The predicted octanol–water partition coefficient (Wildman–Crippen LogP) is 2.80. The number of carboxylic acid groups (broad SMARTS) is 1. The first-order valence-electron chi connectivity index (χ1n) is 7.43. The lowest BCUT2D eigenvalue weighted by Gasteiger charge is -2.18. The minimum absolute atomic E-state index is 0.134. The molecule has 1 unspecified atom stereocenters. The molecule has 2 aromatic carbocycles. The van der Waals surface area contributed by atoms with Crippen molar-refractivity contribution in [1.82, 2.24) is 5.32 Å². The van der Waals surface area contributed by atoms with Crippen molar-refractivity contribution in [2.45, 2.75) is 12.5 Å². The average Bonchev–Trinajstić information content (AvgIpc) is 2.61. The topological polar surface area (TPSA) is 145 Å². The Bertz CT molecular complexity index is 856. The second-order valence-electron chi connectivity index (χ2n) is 5.29. The summed E-state index contributed by atoms with van der Waals surface area (Å²) in [7, 11) is 0. The van der Waals surface area contributed by atoms with E-state index in [2.05, 4.69) is 10.6 Å². The first-order valence-corrected chi connectivity index (χ1v) is 7.43. The predicted molar refractivity (Wildman–Crippen MR) is 91.4 cm³/mol. The molecule has 9 nitrogen and oxygen atoms in total. The number of nitriles is 1. The number of nitro groups is 1. The summed E-state index contributed by atoms with van der Waals surface area (Å²) >= 11 is 0. The minimum atomic E-state index is -1.13. The van der Waals surface area contributed by atoms with E-state index in [0.29, 0.717) is 16.8 Å². The van der Waals surface area contributed by atoms with Crippen LogP contribution in [0.2, 0.25) is 0 Å². The molecule has 9 heteroatoms. The zero-order chi connectivity index (χ0) is 19.1. The van der Waals surface area contributed by atoms with E-state index >= 15 is 0 Å². The lowest BCUT2D eigenvalue weighted by Crippen LogP contribution is -2.33. The second-order valence-corrected chi connectivity index (χ2v) is 5.29. The number of carboxylic acids is 1. The smallest absolute Gasteiger partial charge is 0.319 e. The number of nitrogens with one attached hydrogen (secondary N) is 2. The summed E-state index contributed by atoms with van der Waals surface area (Å²) in [6.45, 7) is 0. The van der Waals surface area contributed by atoms with E-state index in [1.165, 1.54) is 48.5 Å². The number of urea groups is 1. The van der Waals surface area contributed by atoms with Crippen molar-refractivity contribution in [3.8, 4) is 6.07 Å². The Morgan fingerprint density at radius 1 is 1.15 bits per heavy atom. The standard InChI is InChI=1S/C17H14N4O5/c18-10-11-1-5-13(6-2-11)19-17(24)20-15(9-16(22)23)12-3-7-14(8-4-12)21(25)26/h1-8,15H,9H2,(H,22,23)(H2,19,20,24). The van der Waals surface area contributed by atoms with Gasteiger partial charge in [-0.3, -0.25) is 14.9 Å². The van der Waals surface area contributed by atoms with E-state index in [1.807, 2.05) is 6.07 Å². The highest BCUT2D eigenvalue weighted by atomic mass is 16.6. The van der Waals surface area contributed by atoms with E-state index in [0.717, 1.165) is 0 Å². The van der Waals surface area contributed by atoms with Crippen molar-refractivity contribution in [3.05, 3.63) is 69.8 Å². The number of carbonyl (C=O) groups excluding carboxylic acids is 1. The molecule has 2 amide bonds. The van der Waals surface area contributed by atoms with Gasteiger partial charge in [0.05, 0.1) is 29.0 Å². The van der Waals surface area contributed by atoms with Gasteiger partial charge in [0.1, 0.15) is 0 Å². The molecule has 0 saturated heterocycles. The molecule has 26 heavy (non-hydrogen) atoms. The molecule has 2 aromatic rings. The monoisotopic (exact) mass is 354 g/mol. The average molecular weight is 354 g/mol. The van der Waals surface area contributed by atoms with Crippen LogP contribution in [0.1, 0.15) is 23.6 Å². The van der Waals surface area contributed by atoms with Crippen LogP contribution in [0.5, 0.6) is 0 Å². The van der Waals surface area contributed by atoms with Crippen molar-refractivity contribution < 1.29 is 19.6 Å². The van der Waals surface area contributed by atoms with Crippen molar-refractivity contribution in [3.63, 3.8) is 0 Å². The zero-order valence-corrected chi connectivity index (χ0v) is 13.4. The lowest BCUT2D eigenvalue weighted by molar-refractivity contribution is -0.384. The van der Waals surface area contributed by atoms with E-state index in [-0.39, 0.29) is 5.69 Å². The van der Waals surface area contributed by atoms with Crippen LogP contribution in [-0.2, 0) is 4.79 Å². The van der Waals surface area contributed by atoms with Gasteiger partial charge < -0.3 is 15.7 Å². The minimum Gasteiger partial charge on any atom is -0.481 e. The molecular weight excluding hydrogens is 340 g/mol. The molecule has 132 valence electrons. The summed E-state index contributed by atoms with van der Waals surface area (Å²) in [4.78, 5) is 33.3. The Morgan fingerprint density at radius 3 is 2.27 bits per heavy atom. The summed E-state index contributed by atoms with van der Waals surface area (Å²) < 4.78 is 0. The Balaban J connectivity index is 2.10. The molecule has 0 aliphatic rings. The quantitative estimate of drug-likeness (QED) is 0.537. The van der Waals surface area contributed by atoms with Gasteiger partial charge in [-0.15, -0.1) is 0 Å². The summed E-state index contributed by atoms with van der Waals surface area (Å²) in [5.74, 6) is -1.13. The molecule has 1 atom stereocenters. The highest BCUT2D eigenvalue weighted by Crippen LogP contribution is 2.21. The van der Waals surface area contributed by atoms with Gasteiger partial charge in [-0.25, -0.2) is 4.79 Å². The first-order chi connectivity index (χ1) is 12.4. The van der Waals surface area contributed by atoms with Crippen LogP contribution in [0.15, 0.2) is 48.5 Å². The van der Waals surface area contributed by atoms with Crippen LogP contribution in [0, 0.1) is 21.4 Å². The number of aliphatic carboxylic acids is 1. The SMILES string of the molecule is N#Cc1ccc(NC(=O)NC(CC(=O)O)c2ccc([N+](=O)[O-])cc2)cc1. The normalized spacial score (nSPS) is 11.0. The Morgan fingerprint density at radius 2 is 1.77 bits per heavy atom. The van der Waals surface area contributed by atoms with Crippen LogP contribution in [0.4, 0.5) is 16.2 Å². The first kappa shape index (κ1) is 18.4. The van der Waals surface area contributed by atoms with Gasteiger partial charge in [0, 0.05) is 17.8 Å². The Kier molecular flexibility index (Phi) is 5.84. The van der Waals surface area contributed by atoms with Gasteiger partial charge in [0.2, 0.25) is 0 Å². The summed E-state index contributed by atoms with van der Waals surface area (Å²) in [5.41, 5.74) is 1.16. The summed E-state index contributed by atoms with van der Waals surface area (Å²) in [6, 6.07) is 11.9. The third-order valence-electron chi connectivity index (χ3n) is 3.46.